The van der Waals surface area contributed by atoms with Crippen molar-refractivity contribution in [2.24, 2.45) is 0 Å². The van der Waals surface area contributed by atoms with E-state index < -0.39 is 0 Å². The molecular formula is C17H17N3O3S. The first kappa shape index (κ1) is 16.4. The van der Waals surface area contributed by atoms with Crippen molar-refractivity contribution < 1.29 is 9.53 Å². The molecule has 0 saturated carbocycles. The highest BCUT2D eigenvalue weighted by molar-refractivity contribution is 7.17. The third-order valence-electron chi connectivity index (χ3n) is 3.51. The maximum absolute atomic E-state index is 12.1. The number of rotatable bonds is 6. The lowest BCUT2D eigenvalue weighted by Crippen LogP contribution is -2.31. The van der Waals surface area contributed by atoms with Gasteiger partial charge in [-0.2, -0.15) is 0 Å². The molecule has 1 aromatic carbocycles. The van der Waals surface area contributed by atoms with Crippen LogP contribution >= 0.6 is 11.3 Å². The molecule has 0 radical (unpaired) electrons. The molecule has 0 aliphatic heterocycles. The molecule has 3 rings (SSSR count). The van der Waals surface area contributed by atoms with Gasteiger partial charge in [0.05, 0.1) is 18.7 Å². The van der Waals surface area contributed by atoms with E-state index in [4.69, 9.17) is 4.74 Å². The van der Waals surface area contributed by atoms with Crippen molar-refractivity contribution in [1.82, 2.24) is 14.9 Å². The van der Waals surface area contributed by atoms with Crippen molar-refractivity contribution in [3.63, 3.8) is 0 Å². The lowest BCUT2D eigenvalue weighted by Gasteiger charge is -2.16. The number of amides is 1. The Morgan fingerprint density at radius 3 is 2.88 bits per heavy atom. The number of H-pyrrole nitrogens is 1. The van der Waals surface area contributed by atoms with E-state index in [9.17, 15) is 9.59 Å². The van der Waals surface area contributed by atoms with Crippen LogP contribution in [0, 0.1) is 0 Å². The Morgan fingerprint density at radius 1 is 1.29 bits per heavy atom. The Hall–Kier alpha value is -2.51. The molecular weight excluding hydrogens is 326 g/mol. The van der Waals surface area contributed by atoms with Crippen LogP contribution in [-0.2, 0) is 22.7 Å². The van der Waals surface area contributed by atoms with E-state index >= 15 is 0 Å². The minimum absolute atomic E-state index is 0.0175. The fraction of sp³-hybridized carbons (Fsp3) is 0.235. The highest BCUT2D eigenvalue weighted by Gasteiger charge is 2.12. The van der Waals surface area contributed by atoms with Gasteiger partial charge in [0, 0.05) is 7.05 Å². The number of likely N-dealkylation sites (N-methyl/N-ethyl adjacent to an activating group) is 1. The Kier molecular flexibility index (Phi) is 5.02. The normalized spacial score (nSPS) is 10.9. The molecule has 3 aromatic rings. The topological polar surface area (TPSA) is 75.3 Å². The van der Waals surface area contributed by atoms with Crippen LogP contribution in [0.1, 0.15) is 11.4 Å². The number of carbonyl (C=O) groups excluding carboxylic acids is 1. The smallest absolute Gasteiger partial charge is 0.268 e. The Morgan fingerprint density at radius 2 is 2.08 bits per heavy atom. The first-order valence-corrected chi connectivity index (χ1v) is 8.33. The van der Waals surface area contributed by atoms with Crippen LogP contribution in [0.4, 0.5) is 0 Å². The molecule has 1 N–H and O–H groups in total. The zero-order valence-electron chi connectivity index (χ0n) is 13.2. The van der Waals surface area contributed by atoms with E-state index in [1.54, 1.807) is 13.1 Å². The molecule has 0 atom stereocenters. The molecule has 0 bridgehead atoms. The number of fused-ring (bicyclic) bond motifs is 1. The number of hydrogen-bond acceptors (Lipinski definition) is 5. The molecule has 6 nitrogen and oxygen atoms in total. The molecule has 124 valence electrons. The van der Waals surface area contributed by atoms with E-state index in [0.29, 0.717) is 22.6 Å². The number of carbonyl (C=O) groups is 1. The zero-order chi connectivity index (χ0) is 16.9. The lowest BCUT2D eigenvalue weighted by atomic mass is 10.2. The summed E-state index contributed by atoms with van der Waals surface area (Å²) < 4.78 is 6.04. The van der Waals surface area contributed by atoms with Crippen LogP contribution in [0.5, 0.6) is 0 Å². The van der Waals surface area contributed by atoms with Crippen LogP contribution in [0.25, 0.3) is 10.2 Å². The largest absolute Gasteiger partial charge is 0.367 e. The Balaban J connectivity index is 1.56. The Labute approximate surface area is 142 Å². The number of aromatic nitrogens is 2. The molecule has 0 saturated heterocycles. The number of nitrogens with one attached hydrogen (secondary N) is 1. The highest BCUT2D eigenvalue weighted by Crippen LogP contribution is 2.14. The van der Waals surface area contributed by atoms with Gasteiger partial charge in [-0.25, -0.2) is 4.98 Å². The molecule has 0 aliphatic rings. The van der Waals surface area contributed by atoms with Crippen molar-refractivity contribution in [3.8, 4) is 0 Å². The first-order chi connectivity index (χ1) is 11.6. The second kappa shape index (κ2) is 7.37. The maximum Gasteiger partial charge on any atom is 0.268 e. The highest BCUT2D eigenvalue weighted by atomic mass is 32.1. The standard InChI is InChI=1S/C17H17N3O3S/c1-20(15(21)11-23-10-12-5-3-2-4-6-12)9-14-18-13-7-8-24-16(13)17(22)19-14/h2-8H,9-11H2,1H3,(H,18,19,22). The van der Waals surface area contributed by atoms with Crippen LogP contribution in [-0.4, -0.2) is 34.4 Å². The molecule has 7 heteroatoms. The molecule has 0 spiro atoms. The number of hydrogen-bond donors (Lipinski definition) is 1. The van der Waals surface area contributed by atoms with Crippen LogP contribution in [0.2, 0.25) is 0 Å². The molecule has 0 fully saturated rings. The van der Waals surface area contributed by atoms with Crippen LogP contribution in [0.3, 0.4) is 0 Å². The van der Waals surface area contributed by atoms with E-state index in [1.807, 2.05) is 35.7 Å². The Bertz CT molecular complexity index is 889. The second-order valence-corrected chi connectivity index (χ2v) is 6.29. The van der Waals surface area contributed by atoms with Crippen molar-refractivity contribution in [2.75, 3.05) is 13.7 Å². The summed E-state index contributed by atoms with van der Waals surface area (Å²) in [5.41, 5.74) is 1.49. The van der Waals surface area contributed by atoms with Gasteiger partial charge in [0.2, 0.25) is 5.91 Å². The fourth-order valence-electron chi connectivity index (χ4n) is 2.25. The van der Waals surface area contributed by atoms with E-state index in [2.05, 4.69) is 9.97 Å². The summed E-state index contributed by atoms with van der Waals surface area (Å²) in [7, 11) is 1.66. The summed E-state index contributed by atoms with van der Waals surface area (Å²) in [4.78, 5) is 32.6. The number of thiophene rings is 1. The van der Waals surface area contributed by atoms with Crippen molar-refractivity contribution >= 4 is 27.5 Å². The van der Waals surface area contributed by atoms with E-state index in [-0.39, 0.29) is 24.6 Å². The van der Waals surface area contributed by atoms with Gasteiger partial charge in [-0.3, -0.25) is 9.59 Å². The predicted octanol–water partition coefficient (Wildman–Crippen LogP) is 2.16. The summed E-state index contributed by atoms with van der Waals surface area (Å²) in [6, 6.07) is 11.5. The molecule has 2 heterocycles. The summed E-state index contributed by atoms with van der Waals surface area (Å²) in [5.74, 6) is 0.295. The minimum Gasteiger partial charge on any atom is -0.367 e. The average Bonchev–Trinajstić information content (AvgIpc) is 3.04. The van der Waals surface area contributed by atoms with E-state index in [1.165, 1.54) is 16.2 Å². The summed E-state index contributed by atoms with van der Waals surface area (Å²) in [5, 5.41) is 1.82. The van der Waals surface area contributed by atoms with E-state index in [0.717, 1.165) is 5.56 Å². The quantitative estimate of drug-likeness (QED) is 0.744. The van der Waals surface area contributed by atoms with Gasteiger partial charge in [0.25, 0.3) is 5.56 Å². The van der Waals surface area contributed by atoms with Crippen LogP contribution in [0.15, 0.2) is 46.6 Å². The molecule has 1 amide bonds. The van der Waals surface area contributed by atoms with Gasteiger partial charge in [-0.15, -0.1) is 11.3 Å². The number of aromatic amines is 1. The monoisotopic (exact) mass is 343 g/mol. The molecule has 2 aromatic heterocycles. The fourth-order valence-corrected chi connectivity index (χ4v) is 2.98. The summed E-state index contributed by atoms with van der Waals surface area (Å²) >= 11 is 1.35. The average molecular weight is 343 g/mol. The van der Waals surface area contributed by atoms with Gasteiger partial charge >= 0.3 is 0 Å². The van der Waals surface area contributed by atoms with Gasteiger partial charge in [-0.1, -0.05) is 30.3 Å². The number of ether oxygens (including phenoxy) is 1. The van der Waals surface area contributed by atoms with Gasteiger partial charge < -0.3 is 14.6 Å². The number of nitrogens with zero attached hydrogens (tertiary/aromatic N) is 2. The third kappa shape index (κ3) is 3.87. The third-order valence-corrected chi connectivity index (χ3v) is 4.42. The van der Waals surface area contributed by atoms with Crippen molar-refractivity contribution in [2.45, 2.75) is 13.2 Å². The van der Waals surface area contributed by atoms with Gasteiger partial charge in [0.15, 0.2) is 0 Å². The molecule has 0 aliphatic carbocycles. The lowest BCUT2D eigenvalue weighted by molar-refractivity contribution is -0.135. The van der Waals surface area contributed by atoms with Gasteiger partial charge in [-0.05, 0) is 17.0 Å². The SMILES string of the molecule is CN(Cc1nc2ccsc2c(=O)[nH]1)C(=O)COCc1ccccc1. The molecule has 0 unspecified atom stereocenters. The zero-order valence-corrected chi connectivity index (χ0v) is 14.0. The van der Waals surface area contributed by atoms with Crippen molar-refractivity contribution in [3.05, 3.63) is 63.5 Å². The van der Waals surface area contributed by atoms with Gasteiger partial charge in [0.1, 0.15) is 17.1 Å². The minimum atomic E-state index is -0.175. The van der Waals surface area contributed by atoms with Crippen LogP contribution < -0.4 is 5.56 Å². The summed E-state index contributed by atoms with van der Waals surface area (Å²) in [6.07, 6.45) is 0. The summed E-state index contributed by atoms with van der Waals surface area (Å²) in [6.45, 7) is 0.598. The predicted molar refractivity (Wildman–Crippen MR) is 92.8 cm³/mol. The number of benzene rings is 1. The first-order valence-electron chi connectivity index (χ1n) is 7.45. The second-order valence-electron chi connectivity index (χ2n) is 5.38. The maximum atomic E-state index is 12.1. The van der Waals surface area contributed by atoms with Crippen molar-refractivity contribution in [1.29, 1.82) is 0 Å². The molecule has 24 heavy (non-hydrogen) atoms.